The van der Waals surface area contributed by atoms with Crippen LogP contribution >= 0.6 is 0 Å². The van der Waals surface area contributed by atoms with Gasteiger partial charge in [0.2, 0.25) is 0 Å². The predicted octanol–water partition coefficient (Wildman–Crippen LogP) is -14.1. The van der Waals surface area contributed by atoms with Crippen molar-refractivity contribution < 1.29 is 154 Å². The van der Waals surface area contributed by atoms with E-state index in [1.807, 2.05) is 0 Å². The topological polar surface area (TPSA) is 506 Å². The Bertz CT molecular complexity index is 1500. The monoisotopic (exact) mass is 990 g/mol. The van der Waals surface area contributed by atoms with Gasteiger partial charge in [-0.2, -0.15) is 0 Å². The van der Waals surface area contributed by atoms with Crippen molar-refractivity contribution >= 4 is 0 Å². The first-order chi connectivity index (χ1) is 31.8. The molecule has 31 nitrogen and oxygen atoms in total. The van der Waals surface area contributed by atoms with E-state index in [1.54, 1.807) is 0 Å². The van der Waals surface area contributed by atoms with Gasteiger partial charge < -0.3 is 154 Å². The zero-order valence-electron chi connectivity index (χ0n) is 35.0. The summed E-state index contributed by atoms with van der Waals surface area (Å²) in [6, 6.07) is 0. The zero-order chi connectivity index (χ0) is 49.3. The summed E-state index contributed by atoms with van der Waals surface area (Å²) >= 11 is 0. The zero-order valence-corrected chi connectivity index (χ0v) is 35.0. The maximum Gasteiger partial charge on any atom is 0.187 e. The number of hydrogen-bond acceptors (Lipinski definition) is 31. The molecule has 1 unspecified atom stereocenters. The number of hydrogen-bond donors (Lipinski definition) is 20. The van der Waals surface area contributed by atoms with E-state index in [9.17, 15) is 102 Å². The molecule has 6 aliphatic rings. The highest BCUT2D eigenvalue weighted by atomic mass is 16.8. The first kappa shape index (κ1) is 55.1. The fourth-order valence-corrected chi connectivity index (χ4v) is 8.51. The molecular formula is C36H62O31. The summed E-state index contributed by atoms with van der Waals surface area (Å²) < 4.78 is 60.3. The van der Waals surface area contributed by atoms with Gasteiger partial charge in [-0.05, 0) is 0 Å². The van der Waals surface area contributed by atoms with Crippen molar-refractivity contribution in [2.75, 3.05) is 39.6 Å². The van der Waals surface area contributed by atoms with Gasteiger partial charge in [-0.15, -0.1) is 0 Å². The van der Waals surface area contributed by atoms with Gasteiger partial charge in [0.1, 0.15) is 146 Å². The van der Waals surface area contributed by atoms with Crippen LogP contribution in [0.25, 0.3) is 0 Å². The number of aliphatic hydroxyl groups is 20. The van der Waals surface area contributed by atoms with E-state index in [0.717, 1.165) is 0 Å². The van der Waals surface area contributed by atoms with Gasteiger partial charge in [-0.1, -0.05) is 0 Å². The molecule has 0 aromatic heterocycles. The summed E-state index contributed by atoms with van der Waals surface area (Å²) in [7, 11) is 0. The van der Waals surface area contributed by atoms with E-state index in [4.69, 9.17) is 52.1 Å². The minimum Gasteiger partial charge on any atom is -0.394 e. The van der Waals surface area contributed by atoms with Crippen LogP contribution in [0.15, 0.2) is 0 Å². The maximum absolute atomic E-state index is 11.2. The summed E-state index contributed by atoms with van der Waals surface area (Å²) in [6.45, 7) is -5.69. The summed E-state index contributed by atoms with van der Waals surface area (Å²) in [5.41, 5.74) is 0. The third kappa shape index (κ3) is 11.2. The highest BCUT2D eigenvalue weighted by molar-refractivity contribution is 5.00. The Kier molecular flexibility index (Phi) is 19.4. The molecule has 6 rings (SSSR count). The lowest BCUT2D eigenvalue weighted by molar-refractivity contribution is -0.396. The highest BCUT2D eigenvalue weighted by Crippen LogP contribution is 2.36. The van der Waals surface area contributed by atoms with E-state index in [1.165, 1.54) is 0 Å². The second-order valence-corrected chi connectivity index (χ2v) is 16.8. The van der Waals surface area contributed by atoms with E-state index < -0.39 is 224 Å². The number of rotatable bonds is 16. The minimum absolute atomic E-state index is 0.829. The summed E-state index contributed by atoms with van der Waals surface area (Å²) in [5, 5.41) is 210. The molecule has 20 N–H and O–H groups in total. The summed E-state index contributed by atoms with van der Waals surface area (Å²) in [5.74, 6) is 0. The molecule has 0 aromatic carbocycles. The third-order valence-electron chi connectivity index (χ3n) is 12.4. The van der Waals surface area contributed by atoms with Gasteiger partial charge in [0.15, 0.2) is 37.7 Å². The van der Waals surface area contributed by atoms with Crippen LogP contribution in [0.2, 0.25) is 0 Å². The number of aliphatic hydroxyl groups excluding tert-OH is 20. The molecule has 0 spiro atoms. The molecule has 0 bridgehead atoms. The molecule has 30 atom stereocenters. The fourth-order valence-electron chi connectivity index (χ4n) is 8.51. The molecule has 392 valence electrons. The van der Waals surface area contributed by atoms with Crippen LogP contribution in [0.3, 0.4) is 0 Å². The van der Waals surface area contributed by atoms with Gasteiger partial charge in [-0.3, -0.25) is 0 Å². The lowest BCUT2D eigenvalue weighted by atomic mass is 9.95. The predicted molar refractivity (Wildman–Crippen MR) is 199 cm³/mol. The van der Waals surface area contributed by atoms with Crippen molar-refractivity contribution in [1.29, 1.82) is 0 Å². The van der Waals surface area contributed by atoms with E-state index in [-0.39, 0.29) is 0 Å². The molecule has 6 aliphatic heterocycles. The molecule has 0 aliphatic carbocycles. The Morgan fingerprint density at radius 3 is 0.821 bits per heavy atom. The molecule has 6 fully saturated rings. The molecule has 0 radical (unpaired) electrons. The SMILES string of the molecule is OC[C@H]1O[C@@H](O[C@@H]2[C@@H](O)[C@H](O[C@H]3[C@H](O)[C@@H](O)[C@H](O[C@H]4[C@H](O)[C@@H](O)[C@H](O[C@H]5[C@H](O)[C@@H](O)[C@H](O[C@H]6[C@H](O)[C@@H](CO)OC(O)[C@@H]6O)O[C@@H]5CO)O[C@@H]4CO)O[C@@H]3CO)O[C@H](CO)[C@H]2O)[C@H](O)[C@@H](O)[C@@H]1O. The van der Waals surface area contributed by atoms with Crippen LogP contribution in [0, 0.1) is 0 Å². The standard InChI is InChI=1S/C36H62O31/c37-1-7-13(43)16(46)20(50)32(58-7)67-30-15(45)9(3-39)59-36(25(30)55)65-28-12(6-42)61-34(22(52)18(28)48)63-26-10(4-40)60-33(21(51)17(26)47)64-27-11(5-41)62-35(23(53)19(27)49)66-29-14(44)8(2-38)57-31(56)24(29)54/h7-56H,1-6H2/t7-,8-,9-,10-,11-,12-,13-,14-,15-,16+,17-,18-,19-,20-,21-,22-,23-,24-,25-,26-,27-,28-,29+,30+,31?,32+,33+,34+,35+,36+/m1/s1. The van der Waals surface area contributed by atoms with Crippen molar-refractivity contribution in [3.63, 3.8) is 0 Å². The van der Waals surface area contributed by atoms with Gasteiger partial charge in [0, 0.05) is 0 Å². The van der Waals surface area contributed by atoms with Crippen molar-refractivity contribution in [1.82, 2.24) is 0 Å². The molecule has 0 saturated carbocycles. The molecular weight excluding hydrogens is 928 g/mol. The van der Waals surface area contributed by atoms with Crippen LogP contribution in [0.5, 0.6) is 0 Å². The second kappa shape index (κ2) is 23.5. The van der Waals surface area contributed by atoms with Crippen LogP contribution in [0.1, 0.15) is 0 Å². The molecule has 0 amide bonds. The van der Waals surface area contributed by atoms with Gasteiger partial charge in [0.25, 0.3) is 0 Å². The Morgan fingerprint density at radius 1 is 0.224 bits per heavy atom. The highest BCUT2D eigenvalue weighted by Gasteiger charge is 2.57. The lowest BCUT2D eigenvalue weighted by Crippen LogP contribution is -2.68. The van der Waals surface area contributed by atoms with Crippen molar-refractivity contribution in [2.45, 2.75) is 184 Å². The number of ether oxygens (including phenoxy) is 11. The van der Waals surface area contributed by atoms with Crippen molar-refractivity contribution in [2.24, 2.45) is 0 Å². The van der Waals surface area contributed by atoms with Crippen LogP contribution in [-0.4, -0.2) is 326 Å². The smallest absolute Gasteiger partial charge is 0.187 e. The van der Waals surface area contributed by atoms with E-state index in [0.29, 0.717) is 0 Å². The first-order valence-corrected chi connectivity index (χ1v) is 21.1. The maximum atomic E-state index is 11.2. The Hall–Kier alpha value is -1.24. The molecule has 0 aromatic rings. The van der Waals surface area contributed by atoms with Gasteiger partial charge in [0.05, 0.1) is 39.6 Å². The van der Waals surface area contributed by atoms with E-state index in [2.05, 4.69) is 0 Å². The van der Waals surface area contributed by atoms with Crippen LogP contribution in [-0.2, 0) is 52.1 Å². The molecule has 6 saturated heterocycles. The normalized spacial score (nSPS) is 53.4. The van der Waals surface area contributed by atoms with Gasteiger partial charge >= 0.3 is 0 Å². The average molecular weight is 991 g/mol. The Balaban J connectivity index is 1.09. The minimum atomic E-state index is -2.19. The summed E-state index contributed by atoms with van der Waals surface area (Å²) in [4.78, 5) is 0. The first-order valence-electron chi connectivity index (χ1n) is 21.1. The second-order valence-electron chi connectivity index (χ2n) is 16.8. The van der Waals surface area contributed by atoms with Crippen LogP contribution < -0.4 is 0 Å². The molecule has 67 heavy (non-hydrogen) atoms. The lowest BCUT2D eigenvalue weighted by Gasteiger charge is -2.49. The average Bonchev–Trinajstić information content (AvgIpc) is 3.32. The fraction of sp³-hybridized carbons (Fsp3) is 1.00. The van der Waals surface area contributed by atoms with Gasteiger partial charge in [-0.25, -0.2) is 0 Å². The van der Waals surface area contributed by atoms with Crippen molar-refractivity contribution in [3.05, 3.63) is 0 Å². The Morgan fingerprint density at radius 2 is 0.478 bits per heavy atom. The quantitative estimate of drug-likeness (QED) is 0.0683. The molecule has 6 heterocycles. The van der Waals surface area contributed by atoms with E-state index >= 15 is 0 Å². The van der Waals surface area contributed by atoms with Crippen LogP contribution in [0.4, 0.5) is 0 Å². The largest absolute Gasteiger partial charge is 0.394 e. The Labute approximate surface area is 378 Å². The molecule has 31 heteroatoms. The third-order valence-corrected chi connectivity index (χ3v) is 12.4. The summed E-state index contributed by atoms with van der Waals surface area (Å²) in [6.07, 6.45) is -57.0. The van der Waals surface area contributed by atoms with Crippen molar-refractivity contribution in [3.8, 4) is 0 Å².